The van der Waals surface area contributed by atoms with Crippen molar-refractivity contribution in [2.24, 2.45) is 0 Å². The molecule has 0 N–H and O–H groups in total. The van der Waals surface area contributed by atoms with Gasteiger partial charge < -0.3 is 0 Å². The Morgan fingerprint density at radius 3 is 2.50 bits per heavy atom. The van der Waals surface area contributed by atoms with Crippen LogP contribution in [-0.4, -0.2) is 0 Å². The van der Waals surface area contributed by atoms with Gasteiger partial charge in [-0.3, -0.25) is 0 Å². The molecule has 0 bridgehead atoms. The average Bonchev–Trinajstić information content (AvgIpc) is 3.21. The van der Waals surface area contributed by atoms with Crippen LogP contribution in [0.15, 0.2) is 54.6 Å². The number of allylic oxidation sites excluding steroid dienone is 1. The number of fused-ring (bicyclic) bond motifs is 1. The normalized spacial score (nSPS) is 13.0. The molecule has 0 atom stereocenters. The van der Waals surface area contributed by atoms with Crippen LogP contribution in [0.1, 0.15) is 39.8 Å². The van der Waals surface area contributed by atoms with E-state index in [4.69, 9.17) is 0 Å². The second-order valence-electron chi connectivity index (χ2n) is 6.58. The Morgan fingerprint density at radius 2 is 1.79 bits per heavy atom. The van der Waals surface area contributed by atoms with E-state index in [1.165, 1.54) is 49.6 Å². The quantitative estimate of drug-likeness (QED) is 0.495. The van der Waals surface area contributed by atoms with E-state index in [0.29, 0.717) is 0 Å². The van der Waals surface area contributed by atoms with Crippen molar-refractivity contribution >= 4 is 23.0 Å². The second kappa shape index (κ2) is 6.41. The molecule has 0 amide bonds. The maximum absolute atomic E-state index is 2.40. The van der Waals surface area contributed by atoms with Gasteiger partial charge in [0, 0.05) is 9.75 Å². The lowest BCUT2D eigenvalue weighted by atomic mass is 9.96. The minimum absolute atomic E-state index is 1.05. The van der Waals surface area contributed by atoms with E-state index in [1.807, 2.05) is 11.3 Å². The first-order valence-electron chi connectivity index (χ1n) is 8.73. The number of thiophene rings is 1. The fourth-order valence-electron chi connectivity index (χ4n) is 3.52. The molecule has 1 aliphatic rings. The summed E-state index contributed by atoms with van der Waals surface area (Å²) in [5.41, 5.74) is 8.43. The van der Waals surface area contributed by atoms with E-state index in [2.05, 4.69) is 74.5 Å². The van der Waals surface area contributed by atoms with E-state index in [9.17, 15) is 0 Å². The summed E-state index contributed by atoms with van der Waals surface area (Å²) in [5, 5.41) is 0. The summed E-state index contributed by atoms with van der Waals surface area (Å²) < 4.78 is 0. The molecule has 1 heterocycles. The van der Waals surface area contributed by atoms with Gasteiger partial charge in [0.15, 0.2) is 0 Å². The number of rotatable bonds is 4. The van der Waals surface area contributed by atoms with Gasteiger partial charge in [0.2, 0.25) is 0 Å². The fourth-order valence-corrected chi connectivity index (χ4v) is 4.41. The molecule has 120 valence electrons. The van der Waals surface area contributed by atoms with E-state index >= 15 is 0 Å². The number of aryl methyl sites for hydroxylation is 2. The molecule has 4 rings (SSSR count). The standard InChI is InChI=1S/C23H22S/c1-3-5-17-9-11-18(12-10-17)21-7-4-6-19-14-20(15-22(19)21)23-13-8-16(2)24-23/h4,6-13,15H,3,5,14H2,1-2H3. The number of hydrogen-bond donors (Lipinski definition) is 0. The molecule has 1 aromatic heterocycles. The predicted octanol–water partition coefficient (Wildman–Crippen LogP) is 6.77. The van der Waals surface area contributed by atoms with Gasteiger partial charge >= 0.3 is 0 Å². The Morgan fingerprint density at radius 1 is 0.958 bits per heavy atom. The highest BCUT2D eigenvalue weighted by Gasteiger charge is 2.18. The highest BCUT2D eigenvalue weighted by molar-refractivity contribution is 7.13. The largest absolute Gasteiger partial charge is 0.141 e. The molecule has 0 aliphatic heterocycles. The smallest absolute Gasteiger partial charge is 0.0308 e. The average molecular weight is 330 g/mol. The van der Waals surface area contributed by atoms with Crippen LogP contribution < -0.4 is 0 Å². The van der Waals surface area contributed by atoms with Crippen molar-refractivity contribution in [1.29, 1.82) is 0 Å². The minimum Gasteiger partial charge on any atom is -0.141 e. The van der Waals surface area contributed by atoms with Crippen molar-refractivity contribution in [2.45, 2.75) is 33.1 Å². The Hall–Kier alpha value is -2.12. The molecule has 3 aromatic rings. The predicted molar refractivity (Wildman–Crippen MR) is 107 cm³/mol. The zero-order valence-corrected chi connectivity index (χ0v) is 15.1. The van der Waals surface area contributed by atoms with Crippen molar-refractivity contribution in [3.8, 4) is 11.1 Å². The topological polar surface area (TPSA) is 0 Å². The molecule has 2 aromatic carbocycles. The van der Waals surface area contributed by atoms with E-state index < -0.39 is 0 Å². The molecular formula is C23H22S. The van der Waals surface area contributed by atoms with Crippen molar-refractivity contribution in [3.63, 3.8) is 0 Å². The lowest BCUT2D eigenvalue weighted by Gasteiger charge is -2.08. The molecule has 0 saturated carbocycles. The van der Waals surface area contributed by atoms with Crippen LogP contribution in [0.5, 0.6) is 0 Å². The van der Waals surface area contributed by atoms with E-state index in [-0.39, 0.29) is 0 Å². The van der Waals surface area contributed by atoms with E-state index in [0.717, 1.165) is 12.8 Å². The van der Waals surface area contributed by atoms with Crippen molar-refractivity contribution in [3.05, 3.63) is 81.0 Å². The van der Waals surface area contributed by atoms with Crippen LogP contribution >= 0.6 is 11.3 Å². The Bertz CT molecular complexity index is 894. The fraction of sp³-hybridized carbons (Fsp3) is 0.217. The molecule has 0 unspecified atom stereocenters. The molecule has 0 radical (unpaired) electrons. The zero-order valence-electron chi connectivity index (χ0n) is 14.3. The van der Waals surface area contributed by atoms with Gasteiger partial charge in [-0.1, -0.05) is 55.8 Å². The van der Waals surface area contributed by atoms with Crippen molar-refractivity contribution in [1.82, 2.24) is 0 Å². The van der Waals surface area contributed by atoms with Gasteiger partial charge in [0.25, 0.3) is 0 Å². The summed E-state index contributed by atoms with van der Waals surface area (Å²) in [6.45, 7) is 4.41. The van der Waals surface area contributed by atoms with Gasteiger partial charge in [0.05, 0.1) is 0 Å². The summed E-state index contributed by atoms with van der Waals surface area (Å²) >= 11 is 1.90. The molecule has 24 heavy (non-hydrogen) atoms. The Kier molecular flexibility index (Phi) is 4.12. The molecular weight excluding hydrogens is 308 g/mol. The highest BCUT2D eigenvalue weighted by Crippen LogP contribution is 2.39. The maximum atomic E-state index is 2.40. The van der Waals surface area contributed by atoms with Crippen molar-refractivity contribution in [2.75, 3.05) is 0 Å². The molecule has 0 saturated heterocycles. The van der Waals surface area contributed by atoms with Crippen LogP contribution in [0, 0.1) is 6.92 Å². The van der Waals surface area contributed by atoms with Gasteiger partial charge in [-0.15, -0.1) is 11.3 Å². The Labute approximate surface area is 148 Å². The van der Waals surface area contributed by atoms with Crippen LogP contribution in [0.3, 0.4) is 0 Å². The first-order chi connectivity index (χ1) is 11.7. The van der Waals surface area contributed by atoms with Crippen LogP contribution in [0.4, 0.5) is 0 Å². The molecule has 0 spiro atoms. The monoisotopic (exact) mass is 330 g/mol. The summed E-state index contributed by atoms with van der Waals surface area (Å²) in [7, 11) is 0. The third-order valence-electron chi connectivity index (χ3n) is 4.76. The highest BCUT2D eigenvalue weighted by atomic mass is 32.1. The van der Waals surface area contributed by atoms with Gasteiger partial charge in [-0.25, -0.2) is 0 Å². The zero-order chi connectivity index (χ0) is 16.5. The van der Waals surface area contributed by atoms with Crippen LogP contribution in [0.25, 0.3) is 22.8 Å². The van der Waals surface area contributed by atoms with Crippen molar-refractivity contribution < 1.29 is 0 Å². The third kappa shape index (κ3) is 2.85. The minimum atomic E-state index is 1.05. The number of hydrogen-bond acceptors (Lipinski definition) is 1. The maximum Gasteiger partial charge on any atom is 0.0308 e. The Balaban J connectivity index is 1.72. The summed E-state index contributed by atoms with van der Waals surface area (Å²) in [5.74, 6) is 0. The molecule has 1 heteroatoms. The second-order valence-corrected chi connectivity index (χ2v) is 7.87. The molecule has 0 fully saturated rings. The first kappa shape index (κ1) is 15.4. The van der Waals surface area contributed by atoms with Gasteiger partial charge in [-0.2, -0.15) is 0 Å². The van der Waals surface area contributed by atoms with Gasteiger partial charge in [-0.05, 0) is 71.4 Å². The lowest BCUT2D eigenvalue weighted by molar-refractivity contribution is 0.922. The van der Waals surface area contributed by atoms with Gasteiger partial charge in [0.1, 0.15) is 0 Å². The molecule has 0 nitrogen and oxygen atoms in total. The van der Waals surface area contributed by atoms with Crippen LogP contribution in [0.2, 0.25) is 0 Å². The summed E-state index contributed by atoms with van der Waals surface area (Å²) in [4.78, 5) is 2.79. The summed E-state index contributed by atoms with van der Waals surface area (Å²) in [6.07, 6.45) is 5.81. The number of benzene rings is 2. The molecule has 1 aliphatic carbocycles. The lowest BCUT2D eigenvalue weighted by Crippen LogP contribution is -1.88. The van der Waals surface area contributed by atoms with Crippen LogP contribution in [-0.2, 0) is 12.8 Å². The third-order valence-corrected chi connectivity index (χ3v) is 5.83. The van der Waals surface area contributed by atoms with E-state index in [1.54, 1.807) is 0 Å². The SMILES string of the molecule is CCCc1ccc(-c2cccc3c2C=C(c2ccc(C)s2)C3)cc1. The summed E-state index contributed by atoms with van der Waals surface area (Å²) in [6, 6.07) is 20.3. The first-order valence-corrected chi connectivity index (χ1v) is 9.55.